The molecule has 0 heterocycles. The Bertz CT molecular complexity index is 24.3. The van der Waals surface area contributed by atoms with Crippen molar-refractivity contribution < 1.29 is 11.7 Å². The molecule has 4 heteroatoms. The van der Waals surface area contributed by atoms with Gasteiger partial charge in [0.15, 0.2) is 0 Å². The molecule has 0 amide bonds. The van der Waals surface area contributed by atoms with Crippen LogP contribution in [-0.4, -0.2) is 26.4 Å². The standard InChI is InChI=1S/O2Te.H2O/c1-3-2;/h;1H2. The summed E-state index contributed by atoms with van der Waals surface area (Å²) in [5.41, 5.74) is 0. The third-order valence-corrected chi connectivity index (χ3v) is 0. The summed E-state index contributed by atoms with van der Waals surface area (Å²) in [6.45, 7) is 0. The molecule has 0 saturated carbocycles. The summed E-state index contributed by atoms with van der Waals surface area (Å²) in [7, 11) is 0. The van der Waals surface area contributed by atoms with Crippen molar-refractivity contribution in [3.05, 3.63) is 0 Å². The Kier molecular flexibility index (Phi) is 22.4. The molecule has 0 unspecified atom stereocenters. The first-order valence-corrected chi connectivity index (χ1v) is 2.24. The molecule has 3 nitrogen and oxygen atoms in total. The van der Waals surface area contributed by atoms with Gasteiger partial charge in [0.1, 0.15) is 0 Å². The van der Waals surface area contributed by atoms with E-state index in [1.807, 2.05) is 0 Å². The Hall–Kier alpha value is 0.350. The summed E-state index contributed by atoms with van der Waals surface area (Å²) < 4.78 is 17.0. The first-order chi connectivity index (χ1) is 1.41. The van der Waals surface area contributed by atoms with Crippen molar-refractivity contribution in [2.75, 3.05) is 0 Å². The van der Waals surface area contributed by atoms with Crippen LogP contribution in [0, 0.1) is 0 Å². The van der Waals surface area contributed by atoms with E-state index in [0.717, 1.165) is 0 Å². The summed E-state index contributed by atoms with van der Waals surface area (Å²) in [5, 5.41) is 0. The quantitative estimate of drug-likeness (QED) is 0.426. The van der Waals surface area contributed by atoms with E-state index in [2.05, 4.69) is 0 Å². The number of rotatable bonds is 0. The molecule has 0 aliphatic carbocycles. The van der Waals surface area contributed by atoms with Crippen LogP contribution in [0.25, 0.3) is 0 Å². The number of hydrogen-bond donors (Lipinski definition) is 0. The monoisotopic (exact) mass is 180 g/mol. The molecule has 0 atom stereocenters. The first kappa shape index (κ1) is 8.84. The summed E-state index contributed by atoms with van der Waals surface area (Å²) in [4.78, 5) is 0. The van der Waals surface area contributed by atoms with E-state index < -0.39 is 20.9 Å². The second kappa shape index (κ2) is 10.2. The predicted molar refractivity (Wildman–Crippen MR) is 10.7 cm³/mol. The first-order valence-electron chi connectivity index (χ1n) is 0.333. The average molecular weight is 178 g/mol. The van der Waals surface area contributed by atoms with Gasteiger partial charge in [0, 0.05) is 0 Å². The average Bonchev–Trinajstić information content (AvgIpc) is 0.918. The molecule has 0 spiro atoms. The summed E-state index contributed by atoms with van der Waals surface area (Å²) >= 11 is -2.03. The van der Waals surface area contributed by atoms with Crippen molar-refractivity contribution in [1.82, 2.24) is 0 Å². The van der Waals surface area contributed by atoms with Gasteiger partial charge in [0.25, 0.3) is 0 Å². The normalized spacial score (nSPS) is 3.00. The zero-order chi connectivity index (χ0) is 2.71. The van der Waals surface area contributed by atoms with E-state index in [0.29, 0.717) is 0 Å². The molecular formula is H2O3Te. The van der Waals surface area contributed by atoms with E-state index in [1.54, 1.807) is 0 Å². The maximum absolute atomic E-state index is 8.50. The van der Waals surface area contributed by atoms with Crippen LogP contribution in [0.2, 0.25) is 0 Å². The molecule has 0 bridgehead atoms. The summed E-state index contributed by atoms with van der Waals surface area (Å²) in [6, 6.07) is 0. The zero-order valence-corrected chi connectivity index (χ0v) is 4.06. The molecule has 0 radical (unpaired) electrons. The fourth-order valence-electron chi connectivity index (χ4n) is 0. The van der Waals surface area contributed by atoms with Crippen molar-refractivity contribution >= 4 is 20.9 Å². The molecule has 4 heavy (non-hydrogen) atoms. The van der Waals surface area contributed by atoms with Crippen LogP contribution < -0.4 is 0 Å². The minimum atomic E-state index is -2.03. The molecule has 0 aromatic carbocycles. The van der Waals surface area contributed by atoms with Crippen LogP contribution >= 0.6 is 0 Å². The molecule has 0 aromatic rings. The Morgan fingerprint density at radius 1 is 1.25 bits per heavy atom. The molecular weight excluding hydrogens is 176 g/mol. The van der Waals surface area contributed by atoms with E-state index in [4.69, 9.17) is 6.21 Å². The van der Waals surface area contributed by atoms with Gasteiger partial charge >= 0.3 is 27.1 Å². The van der Waals surface area contributed by atoms with E-state index in [-0.39, 0.29) is 5.48 Å². The summed E-state index contributed by atoms with van der Waals surface area (Å²) in [5.74, 6) is 0. The molecule has 26 valence electrons. The molecule has 0 rings (SSSR count). The van der Waals surface area contributed by atoms with Crippen molar-refractivity contribution in [3.8, 4) is 0 Å². The van der Waals surface area contributed by atoms with Gasteiger partial charge in [-0.15, -0.1) is 0 Å². The molecule has 0 aliphatic heterocycles. The van der Waals surface area contributed by atoms with Gasteiger partial charge < -0.3 is 5.48 Å². The fraction of sp³-hybridized carbons (Fsp3) is 0. The zero-order valence-electron chi connectivity index (χ0n) is 1.72. The van der Waals surface area contributed by atoms with Crippen LogP contribution in [0.5, 0.6) is 0 Å². The summed E-state index contributed by atoms with van der Waals surface area (Å²) in [6.07, 6.45) is 0. The SMILES string of the molecule is O.O=[Te]=O. The van der Waals surface area contributed by atoms with Crippen molar-refractivity contribution in [2.24, 2.45) is 0 Å². The Balaban J connectivity index is 0. The van der Waals surface area contributed by atoms with Crippen LogP contribution in [0.15, 0.2) is 0 Å². The van der Waals surface area contributed by atoms with Gasteiger partial charge in [-0.1, -0.05) is 0 Å². The maximum atomic E-state index is 8.50. The Morgan fingerprint density at radius 3 is 1.25 bits per heavy atom. The second-order valence-corrected chi connectivity index (χ2v) is 0.456. The van der Waals surface area contributed by atoms with Crippen LogP contribution in [-0.2, 0) is 6.21 Å². The van der Waals surface area contributed by atoms with Gasteiger partial charge in [-0.25, -0.2) is 0 Å². The van der Waals surface area contributed by atoms with Gasteiger partial charge in [0.2, 0.25) is 0 Å². The van der Waals surface area contributed by atoms with E-state index >= 15 is 0 Å². The number of hydrogen-bond acceptors (Lipinski definition) is 2. The Labute approximate surface area is 33.1 Å². The molecule has 2 N–H and O–H groups in total. The van der Waals surface area contributed by atoms with Gasteiger partial charge in [-0.2, -0.15) is 0 Å². The van der Waals surface area contributed by atoms with Gasteiger partial charge in [-0.3, -0.25) is 0 Å². The predicted octanol–water partition coefficient (Wildman–Crippen LogP) is -1.44. The minimum absolute atomic E-state index is 0. The molecule has 0 aliphatic rings. The Morgan fingerprint density at radius 2 is 1.25 bits per heavy atom. The molecule has 0 saturated heterocycles. The van der Waals surface area contributed by atoms with Crippen LogP contribution in [0.1, 0.15) is 0 Å². The van der Waals surface area contributed by atoms with Crippen molar-refractivity contribution in [3.63, 3.8) is 0 Å². The van der Waals surface area contributed by atoms with Gasteiger partial charge in [-0.05, 0) is 0 Å². The van der Waals surface area contributed by atoms with Crippen LogP contribution in [0.4, 0.5) is 0 Å². The topological polar surface area (TPSA) is 65.6 Å². The molecule has 0 aromatic heterocycles. The van der Waals surface area contributed by atoms with Crippen molar-refractivity contribution in [1.29, 1.82) is 0 Å². The van der Waals surface area contributed by atoms with E-state index in [1.165, 1.54) is 0 Å². The van der Waals surface area contributed by atoms with Gasteiger partial charge in [0.05, 0.1) is 0 Å². The van der Waals surface area contributed by atoms with Crippen molar-refractivity contribution in [2.45, 2.75) is 0 Å². The second-order valence-electron chi connectivity index (χ2n) is 0.0680. The fourth-order valence-corrected chi connectivity index (χ4v) is 0. The van der Waals surface area contributed by atoms with E-state index in [9.17, 15) is 0 Å². The van der Waals surface area contributed by atoms with Crippen LogP contribution in [0.3, 0.4) is 0 Å². The third-order valence-electron chi connectivity index (χ3n) is 0. The molecule has 0 fully saturated rings. The third kappa shape index (κ3) is 35.0.